The third-order valence-corrected chi connectivity index (χ3v) is 7.20. The first kappa shape index (κ1) is 22.3. The van der Waals surface area contributed by atoms with Crippen molar-refractivity contribution in [3.05, 3.63) is 26.8 Å². The molecule has 2 atom stereocenters. The molecule has 0 aromatic carbocycles. The molecule has 0 N–H and O–H groups in total. The van der Waals surface area contributed by atoms with Crippen LogP contribution < -0.4 is 11.4 Å². The van der Waals surface area contributed by atoms with Gasteiger partial charge in [-0.2, -0.15) is 4.98 Å². The zero-order valence-electron chi connectivity index (χ0n) is 18.8. The Morgan fingerprint density at radius 1 is 0.939 bits per heavy atom. The average molecular weight is 463 g/mol. The lowest BCUT2D eigenvalue weighted by Crippen LogP contribution is -2.47. The number of nitrogens with zero attached hydrogens (tertiary/aromatic N) is 4. The quantitative estimate of drug-likeness (QED) is 0.377. The minimum Gasteiger partial charge on any atom is -0.409 e. The van der Waals surface area contributed by atoms with E-state index in [1.54, 1.807) is 6.92 Å². The summed E-state index contributed by atoms with van der Waals surface area (Å²) in [6, 6.07) is 1.01. The molecule has 1 aliphatic carbocycles. The van der Waals surface area contributed by atoms with Gasteiger partial charge in [-0.3, -0.25) is 9.47 Å². The summed E-state index contributed by atoms with van der Waals surface area (Å²) in [5, 5.41) is 0. The molecule has 3 saturated heterocycles. The van der Waals surface area contributed by atoms with Crippen molar-refractivity contribution in [3.63, 3.8) is 0 Å². The molecule has 4 aliphatic rings. The van der Waals surface area contributed by atoms with Gasteiger partial charge >= 0.3 is 29.6 Å². The van der Waals surface area contributed by atoms with E-state index in [0.29, 0.717) is 24.6 Å². The Kier molecular flexibility index (Phi) is 6.09. The lowest BCUT2D eigenvalue weighted by Gasteiger charge is -2.39. The van der Waals surface area contributed by atoms with Crippen molar-refractivity contribution >= 4 is 11.9 Å². The molecule has 4 fully saturated rings. The number of rotatable bonds is 9. The molecule has 180 valence electrons. The Labute approximate surface area is 190 Å². The molecule has 1 saturated carbocycles. The number of hydrogen-bond acceptors (Lipinski definition) is 9. The standard InChI is InChI=1S/C22H30N4O7/c1-2-24-17(20-32-18(27)19(28)33-20)23-21(29)26(22(24)30)9-3-8-25-14-6-7-15(25)11-16(10-14)31-12-13-4-5-13/h13-16,20H,2-12H2,1H3. The van der Waals surface area contributed by atoms with Crippen molar-refractivity contribution in [1.82, 2.24) is 19.0 Å². The van der Waals surface area contributed by atoms with Crippen molar-refractivity contribution in [2.75, 3.05) is 13.2 Å². The van der Waals surface area contributed by atoms with Crippen molar-refractivity contribution in [3.8, 4) is 0 Å². The first-order chi connectivity index (χ1) is 15.9. The number of carbonyl (C=O) groups is 2. The fraction of sp³-hybridized carbons (Fsp3) is 0.773. The minimum atomic E-state index is -1.47. The van der Waals surface area contributed by atoms with E-state index < -0.39 is 29.6 Å². The van der Waals surface area contributed by atoms with Crippen LogP contribution in [0.3, 0.4) is 0 Å². The topological polar surface area (TPSA) is 122 Å². The number of hydrogen-bond donors (Lipinski definition) is 0. The highest BCUT2D eigenvalue weighted by molar-refractivity contribution is 6.30. The molecule has 11 heteroatoms. The molecule has 1 aromatic rings. The van der Waals surface area contributed by atoms with Gasteiger partial charge in [0.1, 0.15) is 0 Å². The van der Waals surface area contributed by atoms with E-state index >= 15 is 0 Å². The lowest BCUT2D eigenvalue weighted by molar-refractivity contribution is -0.150. The molecule has 5 rings (SSSR count). The van der Waals surface area contributed by atoms with Gasteiger partial charge in [0.2, 0.25) is 5.82 Å². The van der Waals surface area contributed by atoms with Gasteiger partial charge in [0.15, 0.2) is 0 Å². The smallest absolute Gasteiger partial charge is 0.409 e. The summed E-state index contributed by atoms with van der Waals surface area (Å²) in [4.78, 5) is 54.6. The van der Waals surface area contributed by atoms with E-state index in [0.717, 1.165) is 36.5 Å². The Balaban J connectivity index is 1.21. The van der Waals surface area contributed by atoms with Crippen molar-refractivity contribution in [2.24, 2.45) is 5.92 Å². The molecule has 4 heterocycles. The second-order valence-electron chi connectivity index (χ2n) is 9.42. The minimum absolute atomic E-state index is 0.172. The molecular weight excluding hydrogens is 432 g/mol. The van der Waals surface area contributed by atoms with Crippen molar-refractivity contribution in [1.29, 1.82) is 0 Å². The van der Waals surface area contributed by atoms with Crippen LogP contribution >= 0.6 is 0 Å². The summed E-state index contributed by atoms with van der Waals surface area (Å²) in [5.41, 5.74) is -1.30. The molecule has 2 unspecified atom stereocenters. The first-order valence-electron chi connectivity index (χ1n) is 11.9. The summed E-state index contributed by atoms with van der Waals surface area (Å²) in [6.45, 7) is 3.84. The molecule has 0 spiro atoms. The summed E-state index contributed by atoms with van der Waals surface area (Å²) in [6.07, 6.45) is 6.59. The van der Waals surface area contributed by atoms with Gasteiger partial charge < -0.3 is 14.2 Å². The predicted octanol–water partition coefficient (Wildman–Crippen LogP) is 0.336. The fourth-order valence-electron chi connectivity index (χ4n) is 5.33. The van der Waals surface area contributed by atoms with Crippen LogP contribution in [0.1, 0.15) is 64.0 Å². The third-order valence-electron chi connectivity index (χ3n) is 7.20. The molecule has 1 aromatic heterocycles. The van der Waals surface area contributed by atoms with E-state index in [2.05, 4.69) is 9.88 Å². The SMILES string of the molecule is CCn1c(C2OC(=O)C(=O)O2)nc(=O)n(CCCN2C3CCC2CC(OCC2CC2)C3)c1=O. The van der Waals surface area contributed by atoms with Crippen LogP contribution in [0, 0.1) is 5.92 Å². The number of carbonyl (C=O) groups excluding carboxylic acids is 2. The summed E-state index contributed by atoms with van der Waals surface area (Å²) >= 11 is 0. The van der Waals surface area contributed by atoms with Crippen LogP contribution in [0.4, 0.5) is 0 Å². The van der Waals surface area contributed by atoms with E-state index in [1.165, 1.54) is 30.3 Å². The number of aromatic nitrogens is 3. The van der Waals surface area contributed by atoms with Gasteiger partial charge in [-0.05, 0) is 57.8 Å². The Morgan fingerprint density at radius 3 is 2.21 bits per heavy atom. The Bertz CT molecular complexity index is 1020. The van der Waals surface area contributed by atoms with Crippen LogP contribution in [-0.2, 0) is 36.9 Å². The van der Waals surface area contributed by atoms with E-state index in [4.69, 9.17) is 14.2 Å². The highest BCUT2D eigenvalue weighted by Crippen LogP contribution is 2.38. The normalized spacial score (nSPS) is 27.7. The van der Waals surface area contributed by atoms with E-state index in [1.807, 2.05) is 0 Å². The summed E-state index contributed by atoms with van der Waals surface area (Å²) < 4.78 is 18.0. The molecule has 0 amide bonds. The Hall–Kier alpha value is -2.53. The molecule has 33 heavy (non-hydrogen) atoms. The molecule has 11 nitrogen and oxygen atoms in total. The zero-order chi connectivity index (χ0) is 23.1. The van der Waals surface area contributed by atoms with Gasteiger partial charge in [-0.25, -0.2) is 23.7 Å². The second kappa shape index (κ2) is 9.02. The maximum absolute atomic E-state index is 12.9. The second-order valence-corrected chi connectivity index (χ2v) is 9.42. The zero-order valence-corrected chi connectivity index (χ0v) is 18.8. The Morgan fingerprint density at radius 2 is 1.61 bits per heavy atom. The molecule has 3 aliphatic heterocycles. The fourth-order valence-corrected chi connectivity index (χ4v) is 5.33. The van der Waals surface area contributed by atoms with Gasteiger partial charge in [-0.15, -0.1) is 0 Å². The van der Waals surface area contributed by atoms with Crippen molar-refractivity contribution in [2.45, 2.75) is 89.4 Å². The maximum Gasteiger partial charge on any atom is 0.421 e. The van der Waals surface area contributed by atoms with Crippen LogP contribution in [0.25, 0.3) is 0 Å². The van der Waals surface area contributed by atoms with E-state index in [-0.39, 0.29) is 18.9 Å². The third kappa shape index (κ3) is 4.48. The van der Waals surface area contributed by atoms with Gasteiger partial charge in [0.25, 0.3) is 0 Å². The number of fused-ring (bicyclic) bond motifs is 2. The maximum atomic E-state index is 12.9. The summed E-state index contributed by atoms with van der Waals surface area (Å²) in [5.74, 6) is -1.73. The molecule has 0 radical (unpaired) electrons. The van der Waals surface area contributed by atoms with Crippen LogP contribution in [0.2, 0.25) is 0 Å². The van der Waals surface area contributed by atoms with Crippen LogP contribution in [-0.4, -0.2) is 62.3 Å². The molecule has 2 bridgehead atoms. The monoisotopic (exact) mass is 462 g/mol. The predicted molar refractivity (Wildman–Crippen MR) is 113 cm³/mol. The van der Waals surface area contributed by atoms with Gasteiger partial charge in [-0.1, -0.05) is 0 Å². The highest BCUT2D eigenvalue weighted by Gasteiger charge is 2.41. The van der Waals surface area contributed by atoms with E-state index in [9.17, 15) is 19.2 Å². The highest BCUT2D eigenvalue weighted by atomic mass is 16.8. The lowest BCUT2D eigenvalue weighted by atomic mass is 9.99. The van der Waals surface area contributed by atoms with Crippen LogP contribution in [0.5, 0.6) is 0 Å². The number of ether oxygens (including phenoxy) is 3. The summed E-state index contributed by atoms with van der Waals surface area (Å²) in [7, 11) is 0. The first-order valence-corrected chi connectivity index (χ1v) is 11.9. The number of cyclic esters (lactones) is 2. The van der Waals surface area contributed by atoms with Crippen LogP contribution in [0.15, 0.2) is 9.59 Å². The largest absolute Gasteiger partial charge is 0.421 e. The molecular formula is C22H30N4O7. The van der Waals surface area contributed by atoms with Crippen molar-refractivity contribution < 1.29 is 23.8 Å². The van der Waals surface area contributed by atoms with Gasteiger partial charge in [0.05, 0.1) is 6.10 Å². The average Bonchev–Trinajstić information content (AvgIpc) is 3.52. The number of esters is 2. The number of piperidine rings is 1. The van der Waals surface area contributed by atoms with Gasteiger partial charge in [0, 0.05) is 38.3 Å².